The predicted octanol–water partition coefficient (Wildman–Crippen LogP) is 9.93. The average molecular weight is 425 g/mol. The molecule has 1 atom stereocenters. The second kappa shape index (κ2) is 24.7. The summed E-state index contributed by atoms with van der Waals surface area (Å²) >= 11 is 0. The fourth-order valence-corrected chi connectivity index (χ4v) is 4.21. The Kier molecular flexibility index (Phi) is 24.3. The highest BCUT2D eigenvalue weighted by molar-refractivity contribution is 5.69. The SMILES string of the molecule is CCCCCCCCCCCCC[C@H](CC)OC(=O)CCCCCCCCCCC. The third-order valence-electron chi connectivity index (χ3n) is 6.37. The molecule has 0 heterocycles. The molecule has 0 rings (SSSR count). The molecule has 0 saturated heterocycles. The Balaban J connectivity index is 3.45. The third kappa shape index (κ3) is 22.2. The summed E-state index contributed by atoms with van der Waals surface area (Å²) in [4.78, 5) is 12.1. The van der Waals surface area contributed by atoms with Gasteiger partial charge in [-0.2, -0.15) is 0 Å². The van der Waals surface area contributed by atoms with Crippen molar-refractivity contribution in [3.05, 3.63) is 0 Å². The lowest BCUT2D eigenvalue weighted by Crippen LogP contribution is -2.17. The Hall–Kier alpha value is -0.530. The highest BCUT2D eigenvalue weighted by atomic mass is 16.5. The van der Waals surface area contributed by atoms with Gasteiger partial charge in [0, 0.05) is 6.42 Å². The summed E-state index contributed by atoms with van der Waals surface area (Å²) in [5.41, 5.74) is 0. The maximum Gasteiger partial charge on any atom is 0.306 e. The maximum absolute atomic E-state index is 12.1. The summed E-state index contributed by atoms with van der Waals surface area (Å²) in [7, 11) is 0. The van der Waals surface area contributed by atoms with Crippen molar-refractivity contribution >= 4 is 5.97 Å². The van der Waals surface area contributed by atoms with E-state index in [1.165, 1.54) is 122 Å². The van der Waals surface area contributed by atoms with Gasteiger partial charge in [-0.15, -0.1) is 0 Å². The molecule has 0 aliphatic carbocycles. The minimum atomic E-state index is 0.0351. The van der Waals surface area contributed by atoms with Crippen LogP contribution in [0.1, 0.15) is 168 Å². The minimum Gasteiger partial charge on any atom is -0.462 e. The Bertz CT molecular complexity index is 340. The van der Waals surface area contributed by atoms with Crippen LogP contribution in [0, 0.1) is 0 Å². The van der Waals surface area contributed by atoms with Gasteiger partial charge in [0.1, 0.15) is 6.10 Å². The first-order chi connectivity index (χ1) is 14.7. The Morgan fingerprint density at radius 1 is 0.533 bits per heavy atom. The Labute approximate surface area is 190 Å². The second-order valence-corrected chi connectivity index (χ2v) is 9.42. The zero-order valence-electron chi connectivity index (χ0n) is 21.2. The van der Waals surface area contributed by atoms with E-state index in [0.29, 0.717) is 6.42 Å². The molecular formula is C28H56O2. The standard InChI is InChI=1S/C28H56O2/c1-4-7-9-11-13-15-16-18-19-21-23-25-27(6-3)30-28(29)26-24-22-20-17-14-12-10-8-5-2/h27H,4-26H2,1-3H3/t27-/m0/s1. The van der Waals surface area contributed by atoms with Gasteiger partial charge in [0.25, 0.3) is 0 Å². The van der Waals surface area contributed by atoms with Crippen LogP contribution in [0.2, 0.25) is 0 Å². The lowest BCUT2D eigenvalue weighted by molar-refractivity contribution is -0.149. The molecule has 0 aromatic heterocycles. The summed E-state index contributed by atoms with van der Waals surface area (Å²) in [6, 6.07) is 0. The fraction of sp³-hybridized carbons (Fsp3) is 0.964. The molecule has 0 aromatic rings. The van der Waals surface area contributed by atoms with E-state index < -0.39 is 0 Å². The number of unbranched alkanes of at least 4 members (excludes halogenated alkanes) is 18. The number of esters is 1. The first kappa shape index (κ1) is 29.5. The quantitative estimate of drug-likeness (QED) is 0.114. The van der Waals surface area contributed by atoms with Crippen molar-refractivity contribution in [2.75, 3.05) is 0 Å². The van der Waals surface area contributed by atoms with Crippen LogP contribution in [-0.4, -0.2) is 12.1 Å². The van der Waals surface area contributed by atoms with Gasteiger partial charge in [-0.3, -0.25) is 4.79 Å². The highest BCUT2D eigenvalue weighted by Gasteiger charge is 2.12. The molecule has 0 aliphatic rings. The molecule has 0 spiro atoms. The zero-order chi connectivity index (χ0) is 22.1. The van der Waals surface area contributed by atoms with Crippen molar-refractivity contribution in [3.8, 4) is 0 Å². The Morgan fingerprint density at radius 3 is 1.30 bits per heavy atom. The molecule has 0 saturated carbocycles. The smallest absolute Gasteiger partial charge is 0.306 e. The molecule has 0 unspecified atom stereocenters. The van der Waals surface area contributed by atoms with Gasteiger partial charge in [0.15, 0.2) is 0 Å². The van der Waals surface area contributed by atoms with Crippen molar-refractivity contribution in [1.29, 1.82) is 0 Å². The van der Waals surface area contributed by atoms with Crippen molar-refractivity contribution in [3.63, 3.8) is 0 Å². The van der Waals surface area contributed by atoms with Gasteiger partial charge < -0.3 is 4.74 Å². The lowest BCUT2D eigenvalue weighted by Gasteiger charge is -2.16. The molecule has 0 aliphatic heterocycles. The molecule has 0 bridgehead atoms. The first-order valence-electron chi connectivity index (χ1n) is 13.9. The summed E-state index contributed by atoms with van der Waals surface area (Å²) in [5, 5.41) is 0. The van der Waals surface area contributed by atoms with Crippen molar-refractivity contribution in [2.24, 2.45) is 0 Å². The molecule has 0 fully saturated rings. The van der Waals surface area contributed by atoms with Crippen LogP contribution in [-0.2, 0) is 9.53 Å². The lowest BCUT2D eigenvalue weighted by atomic mass is 10.0. The van der Waals surface area contributed by atoms with Crippen molar-refractivity contribution in [2.45, 2.75) is 175 Å². The summed E-state index contributed by atoms with van der Waals surface area (Å²) in [6.45, 7) is 6.69. The minimum absolute atomic E-state index is 0.0351. The van der Waals surface area contributed by atoms with Crippen LogP contribution in [0.5, 0.6) is 0 Å². The first-order valence-corrected chi connectivity index (χ1v) is 13.9. The number of hydrogen-bond donors (Lipinski definition) is 0. The largest absolute Gasteiger partial charge is 0.462 e. The maximum atomic E-state index is 12.1. The summed E-state index contributed by atoms with van der Waals surface area (Å²) in [6.07, 6.45) is 29.5. The van der Waals surface area contributed by atoms with Gasteiger partial charge in [-0.25, -0.2) is 0 Å². The second-order valence-electron chi connectivity index (χ2n) is 9.42. The molecule has 0 N–H and O–H groups in total. The van der Waals surface area contributed by atoms with Crippen molar-refractivity contribution in [1.82, 2.24) is 0 Å². The molecule has 0 amide bonds. The fourth-order valence-electron chi connectivity index (χ4n) is 4.21. The van der Waals surface area contributed by atoms with Gasteiger partial charge in [0.2, 0.25) is 0 Å². The topological polar surface area (TPSA) is 26.3 Å². The molecular weight excluding hydrogens is 368 g/mol. The van der Waals surface area contributed by atoms with Crippen LogP contribution in [0.15, 0.2) is 0 Å². The van der Waals surface area contributed by atoms with Gasteiger partial charge in [-0.1, -0.05) is 136 Å². The number of hydrogen-bond acceptors (Lipinski definition) is 2. The van der Waals surface area contributed by atoms with Crippen molar-refractivity contribution < 1.29 is 9.53 Å². The van der Waals surface area contributed by atoms with E-state index in [4.69, 9.17) is 4.74 Å². The molecule has 30 heavy (non-hydrogen) atoms. The van der Waals surface area contributed by atoms with Gasteiger partial charge >= 0.3 is 5.97 Å². The number of carbonyl (C=O) groups is 1. The van der Waals surface area contributed by atoms with E-state index in [9.17, 15) is 4.79 Å². The van der Waals surface area contributed by atoms with Gasteiger partial charge in [0.05, 0.1) is 0 Å². The Morgan fingerprint density at radius 2 is 0.900 bits per heavy atom. The molecule has 2 nitrogen and oxygen atoms in total. The summed E-state index contributed by atoms with van der Waals surface area (Å²) < 4.78 is 5.72. The van der Waals surface area contributed by atoms with Gasteiger partial charge in [-0.05, 0) is 25.7 Å². The normalized spacial score (nSPS) is 12.2. The van der Waals surface area contributed by atoms with E-state index in [1.54, 1.807) is 0 Å². The average Bonchev–Trinajstić information content (AvgIpc) is 2.75. The van der Waals surface area contributed by atoms with E-state index in [2.05, 4.69) is 20.8 Å². The van der Waals surface area contributed by atoms with E-state index in [1.807, 2.05) is 0 Å². The molecule has 180 valence electrons. The summed E-state index contributed by atoms with van der Waals surface area (Å²) in [5.74, 6) is 0.0351. The van der Waals surface area contributed by atoms with E-state index >= 15 is 0 Å². The predicted molar refractivity (Wildman–Crippen MR) is 133 cm³/mol. The zero-order valence-corrected chi connectivity index (χ0v) is 21.2. The highest BCUT2D eigenvalue weighted by Crippen LogP contribution is 2.16. The number of carbonyl (C=O) groups excluding carboxylic acids is 1. The van der Waals surface area contributed by atoms with Crippen LogP contribution in [0.4, 0.5) is 0 Å². The van der Waals surface area contributed by atoms with Crippen LogP contribution < -0.4 is 0 Å². The molecule has 0 aromatic carbocycles. The number of rotatable bonds is 24. The third-order valence-corrected chi connectivity index (χ3v) is 6.37. The molecule has 0 radical (unpaired) electrons. The monoisotopic (exact) mass is 424 g/mol. The van der Waals surface area contributed by atoms with Crippen LogP contribution in [0.3, 0.4) is 0 Å². The van der Waals surface area contributed by atoms with E-state index in [0.717, 1.165) is 19.3 Å². The number of ether oxygens (including phenoxy) is 1. The van der Waals surface area contributed by atoms with Crippen LogP contribution in [0.25, 0.3) is 0 Å². The van der Waals surface area contributed by atoms with E-state index in [-0.39, 0.29) is 12.1 Å². The molecule has 2 heteroatoms. The van der Waals surface area contributed by atoms with Crippen LogP contribution >= 0.6 is 0 Å².